The van der Waals surface area contributed by atoms with Crippen LogP contribution in [0, 0.1) is 17.5 Å². The van der Waals surface area contributed by atoms with Crippen LogP contribution in [0.15, 0.2) is 280 Å². The summed E-state index contributed by atoms with van der Waals surface area (Å²) in [7, 11) is 6.31. The number of ether oxygens (including phenoxy) is 4. The molecular formula is C79H63Cl2F3N10O4. The second-order valence-corrected chi connectivity index (χ2v) is 22.3. The topological polar surface area (TPSA) is 180 Å². The van der Waals surface area contributed by atoms with Gasteiger partial charge >= 0.3 is 0 Å². The highest BCUT2D eigenvalue weighted by atomic mass is 35.5. The van der Waals surface area contributed by atoms with Gasteiger partial charge in [-0.05, 0) is 109 Å². The molecule has 0 aliphatic heterocycles. The number of aromatic nitrogens is 10. The average Bonchev–Trinajstić information content (AvgIpc) is 1.64. The molecule has 5 heterocycles. The molecule has 0 unspecified atom stereocenters. The fraction of sp³-hybridized carbons (Fsp3) is 0.0506. The smallest absolute Gasteiger partial charge is 0.138 e. The van der Waals surface area contributed by atoms with E-state index in [-0.39, 0.29) is 11.6 Å². The first-order valence-corrected chi connectivity index (χ1v) is 31.3. The highest BCUT2D eigenvalue weighted by Gasteiger charge is 2.15. The number of nitrogens with zero attached hydrogens (tertiary/aromatic N) is 5. The predicted molar refractivity (Wildman–Crippen MR) is 383 cm³/mol. The molecule has 0 radical (unpaired) electrons. The number of hydrogen-bond donors (Lipinski definition) is 5. The molecule has 0 aliphatic rings. The van der Waals surface area contributed by atoms with Crippen LogP contribution in [0.1, 0.15) is 0 Å². The van der Waals surface area contributed by atoms with Crippen LogP contribution < -0.4 is 18.9 Å². The Bertz CT molecular complexity index is 4970. The van der Waals surface area contributed by atoms with E-state index >= 15 is 0 Å². The van der Waals surface area contributed by atoms with Crippen molar-refractivity contribution in [2.75, 3.05) is 28.4 Å². The Balaban J connectivity index is 0.000000124. The van der Waals surface area contributed by atoms with Gasteiger partial charge < -0.3 is 43.9 Å². The van der Waals surface area contributed by atoms with Gasteiger partial charge in [0, 0.05) is 109 Å². The summed E-state index contributed by atoms with van der Waals surface area (Å²) in [6.07, 6.45) is 9.03. The number of nitrogens with one attached hydrogen (secondary N) is 5. The number of halogens is 5. The molecule has 98 heavy (non-hydrogen) atoms. The predicted octanol–water partition coefficient (Wildman–Crippen LogP) is 20.5. The van der Waals surface area contributed by atoms with Gasteiger partial charge in [0.05, 0.1) is 56.9 Å². The van der Waals surface area contributed by atoms with Gasteiger partial charge in [-0.1, -0.05) is 151 Å². The second-order valence-electron chi connectivity index (χ2n) is 21.4. The van der Waals surface area contributed by atoms with Crippen LogP contribution in [0.4, 0.5) is 13.2 Å². The van der Waals surface area contributed by atoms with Crippen LogP contribution in [-0.2, 0) is 0 Å². The molecule has 14 nitrogen and oxygen atoms in total. The average molecular weight is 1340 g/mol. The van der Waals surface area contributed by atoms with E-state index in [4.69, 9.17) is 42.1 Å². The Kier molecular flexibility index (Phi) is 22.5. The van der Waals surface area contributed by atoms with Gasteiger partial charge in [-0.25, -0.2) is 38.1 Å². The van der Waals surface area contributed by atoms with Crippen molar-refractivity contribution in [3.05, 3.63) is 307 Å². The Labute approximate surface area is 573 Å². The minimum atomic E-state index is -0.411. The number of benzene rings is 10. The van der Waals surface area contributed by atoms with Gasteiger partial charge in [-0.2, -0.15) is 0 Å². The maximum atomic E-state index is 14.0. The van der Waals surface area contributed by atoms with E-state index in [1.54, 1.807) is 63.0 Å². The zero-order valence-corrected chi connectivity index (χ0v) is 54.8. The van der Waals surface area contributed by atoms with Gasteiger partial charge in [0.25, 0.3) is 0 Å². The standard InChI is InChI=1S/C16H13ClN2O.C16H12F2N2O.C16H13FN2O.C16H14N2O.C15H11ClN2/c1-20-14-8-4-12(5-9-14)16-18-10-15(19-16)11-2-6-13(17)7-3-11;1-21-12-6-7-13(14(18)8-12)15-9-19-16(20-15)10-2-4-11(17)5-3-10;1-20-12-7-8-13(14(17)9-12)15-10-18-16(19-15)11-5-3-2-4-6-11;1-19-14-9-5-8-13(10-14)15-11-17-16(18-15)12-6-3-2-4-7-12;16-13-8-6-11(7-9-13)14-10-17-15(18-14)12-4-2-1-3-5-12/h2-10H,1H3,(H,18,19);2-9H,1H3,(H,19,20);2-10H,1H3,(H,18,19);2-11H,1H3,(H,17,18);1-10H,(H,17,18). The number of rotatable bonds is 14. The van der Waals surface area contributed by atoms with Gasteiger partial charge in [0.2, 0.25) is 0 Å². The highest BCUT2D eigenvalue weighted by Crippen LogP contribution is 2.32. The molecule has 0 fully saturated rings. The Hall–Kier alpha value is -12.2. The zero-order valence-electron chi connectivity index (χ0n) is 53.3. The lowest BCUT2D eigenvalue weighted by Gasteiger charge is -2.03. The second kappa shape index (κ2) is 32.8. The van der Waals surface area contributed by atoms with Crippen molar-refractivity contribution >= 4 is 23.2 Å². The monoisotopic (exact) mass is 1340 g/mol. The van der Waals surface area contributed by atoms with Crippen molar-refractivity contribution in [2.24, 2.45) is 0 Å². The molecule has 15 aromatic rings. The summed E-state index contributed by atoms with van der Waals surface area (Å²) in [5.74, 6) is 5.39. The number of hydrogen-bond acceptors (Lipinski definition) is 9. The molecule has 488 valence electrons. The lowest BCUT2D eigenvalue weighted by atomic mass is 10.1. The van der Waals surface area contributed by atoms with E-state index < -0.39 is 5.82 Å². The molecule has 0 bridgehead atoms. The van der Waals surface area contributed by atoms with Gasteiger partial charge in [0.1, 0.15) is 69.6 Å². The maximum absolute atomic E-state index is 14.0. The van der Waals surface area contributed by atoms with Gasteiger partial charge in [0.15, 0.2) is 0 Å². The van der Waals surface area contributed by atoms with Crippen molar-refractivity contribution in [1.82, 2.24) is 49.8 Å². The molecule has 5 N–H and O–H groups in total. The molecule has 15 rings (SSSR count). The number of H-pyrrole nitrogens is 5. The summed E-state index contributed by atoms with van der Waals surface area (Å²) < 4.78 is 61.2. The fourth-order valence-corrected chi connectivity index (χ4v) is 10.1. The first-order chi connectivity index (χ1) is 47.9. The molecule has 0 saturated heterocycles. The van der Waals surface area contributed by atoms with Crippen LogP contribution in [-0.4, -0.2) is 78.3 Å². The molecule has 0 saturated carbocycles. The third-order valence-corrected chi connectivity index (χ3v) is 15.6. The summed E-state index contributed by atoms with van der Waals surface area (Å²) in [6, 6.07) is 76.1. The minimum Gasteiger partial charge on any atom is -0.497 e. The quantitative estimate of drug-likeness (QED) is 0.0708. The summed E-state index contributed by atoms with van der Waals surface area (Å²) in [6.45, 7) is 0. The Morgan fingerprint density at radius 2 is 0.551 bits per heavy atom. The zero-order chi connectivity index (χ0) is 68.2. The normalized spacial score (nSPS) is 10.5. The van der Waals surface area contributed by atoms with Crippen molar-refractivity contribution < 1.29 is 32.1 Å². The molecule has 5 aromatic heterocycles. The summed E-state index contributed by atoms with van der Waals surface area (Å²) in [4.78, 5) is 38.2. The van der Waals surface area contributed by atoms with E-state index in [0.717, 1.165) is 106 Å². The lowest BCUT2D eigenvalue weighted by Crippen LogP contribution is -1.88. The maximum Gasteiger partial charge on any atom is 0.138 e. The molecule has 0 atom stereocenters. The van der Waals surface area contributed by atoms with Crippen LogP contribution in [0.3, 0.4) is 0 Å². The largest absolute Gasteiger partial charge is 0.497 e. The van der Waals surface area contributed by atoms with Crippen LogP contribution in [0.25, 0.3) is 113 Å². The molecule has 19 heteroatoms. The lowest BCUT2D eigenvalue weighted by molar-refractivity contribution is 0.411. The van der Waals surface area contributed by atoms with Crippen LogP contribution in [0.5, 0.6) is 23.0 Å². The van der Waals surface area contributed by atoms with Crippen LogP contribution in [0.2, 0.25) is 10.0 Å². The molecule has 0 spiro atoms. The number of aromatic amines is 5. The first-order valence-electron chi connectivity index (χ1n) is 30.6. The molecular weight excluding hydrogens is 1280 g/mol. The van der Waals surface area contributed by atoms with Gasteiger partial charge in [-0.15, -0.1) is 0 Å². The van der Waals surface area contributed by atoms with E-state index in [9.17, 15) is 13.2 Å². The van der Waals surface area contributed by atoms with E-state index in [2.05, 4.69) is 49.8 Å². The minimum absolute atomic E-state index is 0.313. The SMILES string of the molecule is COc1ccc(-c2c[nH]c(-c3ccc(F)cc3)n2)c(F)c1.COc1ccc(-c2c[nH]c(-c3ccccc3)n2)c(F)c1.COc1ccc(-c2nc(-c3ccc(Cl)cc3)c[nH]2)cc1.COc1cccc(-c2c[nH]c(-c3ccccc3)n2)c1.Clc1ccc(-c2c[nH]c(-c3ccccc3)n2)cc1. The third kappa shape index (κ3) is 17.6. The molecule has 10 aromatic carbocycles. The summed E-state index contributed by atoms with van der Waals surface area (Å²) in [5, 5.41) is 1.46. The van der Waals surface area contributed by atoms with E-state index in [1.807, 2.05) is 207 Å². The molecule has 0 aliphatic carbocycles. The summed E-state index contributed by atoms with van der Waals surface area (Å²) in [5.41, 5.74) is 12.6. The van der Waals surface area contributed by atoms with Crippen molar-refractivity contribution in [3.8, 4) is 136 Å². The number of imidazole rings is 5. The van der Waals surface area contributed by atoms with E-state index in [1.165, 1.54) is 38.5 Å². The van der Waals surface area contributed by atoms with Gasteiger partial charge in [-0.3, -0.25) is 0 Å². The third-order valence-electron chi connectivity index (χ3n) is 15.1. The first kappa shape index (κ1) is 67.2. The molecule has 0 amide bonds. The Morgan fingerprint density at radius 3 is 0.908 bits per heavy atom. The fourth-order valence-electron chi connectivity index (χ4n) is 9.90. The van der Waals surface area contributed by atoms with E-state index in [0.29, 0.717) is 39.8 Å². The summed E-state index contributed by atoms with van der Waals surface area (Å²) >= 11 is 11.8. The van der Waals surface area contributed by atoms with Crippen molar-refractivity contribution in [2.45, 2.75) is 0 Å². The number of methoxy groups -OCH3 is 4. The van der Waals surface area contributed by atoms with Crippen molar-refractivity contribution in [3.63, 3.8) is 0 Å². The van der Waals surface area contributed by atoms with Crippen molar-refractivity contribution in [1.29, 1.82) is 0 Å². The van der Waals surface area contributed by atoms with Crippen LogP contribution >= 0.6 is 23.2 Å². The highest BCUT2D eigenvalue weighted by molar-refractivity contribution is 6.31. The Morgan fingerprint density at radius 1 is 0.265 bits per heavy atom.